The van der Waals surface area contributed by atoms with Gasteiger partial charge in [-0.3, -0.25) is 10.2 Å². The molecule has 1 aromatic heterocycles. The number of rotatable bonds is 4. The van der Waals surface area contributed by atoms with Crippen LogP contribution in [0.1, 0.15) is 60.6 Å². The Morgan fingerprint density at radius 3 is 2.55 bits per heavy atom. The van der Waals surface area contributed by atoms with E-state index in [9.17, 15) is 4.79 Å². The van der Waals surface area contributed by atoms with Crippen molar-refractivity contribution in [3.05, 3.63) is 53.0 Å². The zero-order chi connectivity index (χ0) is 22.2. The van der Waals surface area contributed by atoms with Crippen molar-refractivity contribution in [2.45, 2.75) is 52.5 Å². The van der Waals surface area contributed by atoms with Gasteiger partial charge >= 0.3 is 0 Å². The van der Waals surface area contributed by atoms with Gasteiger partial charge in [0.1, 0.15) is 5.76 Å². The molecule has 4 rings (SSSR count). The molecule has 6 nitrogen and oxygen atoms in total. The van der Waals surface area contributed by atoms with Crippen LogP contribution in [0.15, 0.2) is 39.9 Å². The predicted molar refractivity (Wildman–Crippen MR) is 125 cm³/mol. The minimum atomic E-state index is -0.0189. The van der Waals surface area contributed by atoms with E-state index >= 15 is 0 Å². The van der Waals surface area contributed by atoms with Crippen LogP contribution in [0.25, 0.3) is 0 Å². The Morgan fingerprint density at radius 2 is 1.87 bits per heavy atom. The standard InChI is InChI=1S/C25H34N4O2/c1-17-22-20(27-26-18-9-7-6-8-10-18)15-25(2,3)16-21(22)31-23(17)24(30)29(5)19-11-13-28(4)14-12-19/h6-10,19,26H,11-16H2,1-5H3/b27-20-. The second kappa shape index (κ2) is 8.50. The molecule has 0 unspecified atom stereocenters. The molecule has 1 saturated heterocycles. The largest absolute Gasteiger partial charge is 0.455 e. The first kappa shape index (κ1) is 21.6. The van der Waals surface area contributed by atoms with Crippen LogP contribution in [0.4, 0.5) is 5.69 Å². The lowest BCUT2D eigenvalue weighted by atomic mass is 9.75. The number of fused-ring (bicyclic) bond motifs is 1. The van der Waals surface area contributed by atoms with Crippen molar-refractivity contribution in [1.29, 1.82) is 0 Å². The lowest BCUT2D eigenvalue weighted by Crippen LogP contribution is -2.44. The molecule has 0 bridgehead atoms. The summed E-state index contributed by atoms with van der Waals surface area (Å²) in [6.45, 7) is 8.47. The molecule has 0 radical (unpaired) electrons. The maximum atomic E-state index is 13.4. The lowest BCUT2D eigenvalue weighted by molar-refractivity contribution is 0.0624. The topological polar surface area (TPSA) is 61.1 Å². The van der Waals surface area contributed by atoms with E-state index in [1.54, 1.807) is 0 Å². The Balaban J connectivity index is 1.63. The van der Waals surface area contributed by atoms with Crippen LogP contribution in [0, 0.1) is 12.3 Å². The molecule has 1 aliphatic heterocycles. The monoisotopic (exact) mass is 422 g/mol. The second-order valence-corrected chi connectivity index (χ2v) is 9.86. The van der Waals surface area contributed by atoms with Crippen molar-refractivity contribution < 1.29 is 9.21 Å². The Morgan fingerprint density at radius 1 is 1.19 bits per heavy atom. The number of carbonyl (C=O) groups excluding carboxylic acids is 1. The van der Waals surface area contributed by atoms with Crippen LogP contribution in [-0.2, 0) is 6.42 Å². The number of likely N-dealkylation sites (tertiary alicyclic amines) is 1. The maximum absolute atomic E-state index is 13.4. The number of hydrazone groups is 1. The molecule has 1 amide bonds. The molecule has 0 atom stereocenters. The average Bonchev–Trinajstić information content (AvgIpc) is 3.07. The van der Waals surface area contributed by atoms with Crippen molar-refractivity contribution in [2.24, 2.45) is 10.5 Å². The van der Waals surface area contributed by atoms with Gasteiger partial charge in [-0.15, -0.1) is 0 Å². The number of furan rings is 1. The molecular weight excluding hydrogens is 388 g/mol. The van der Waals surface area contributed by atoms with E-state index in [4.69, 9.17) is 9.52 Å². The number of hydrogen-bond donors (Lipinski definition) is 1. The van der Waals surface area contributed by atoms with Crippen molar-refractivity contribution in [3.63, 3.8) is 0 Å². The molecule has 1 fully saturated rings. The summed E-state index contributed by atoms with van der Waals surface area (Å²) in [5.74, 6) is 1.33. The van der Waals surface area contributed by atoms with E-state index < -0.39 is 0 Å². The molecule has 2 aliphatic rings. The summed E-state index contributed by atoms with van der Waals surface area (Å²) in [6.07, 6.45) is 3.63. The fourth-order valence-electron chi connectivity index (χ4n) is 4.77. The molecule has 166 valence electrons. The SMILES string of the molecule is Cc1c(C(=O)N(C)C2CCN(C)CC2)oc2c1/C(=N\Nc1ccccc1)CC(C)(C)C2. The van der Waals surface area contributed by atoms with E-state index in [1.165, 1.54) is 0 Å². The van der Waals surface area contributed by atoms with Crippen molar-refractivity contribution in [3.8, 4) is 0 Å². The summed E-state index contributed by atoms with van der Waals surface area (Å²) in [4.78, 5) is 17.6. The van der Waals surface area contributed by atoms with Crippen molar-refractivity contribution in [2.75, 3.05) is 32.6 Å². The molecule has 0 saturated carbocycles. The van der Waals surface area contributed by atoms with Gasteiger partial charge in [0.25, 0.3) is 5.91 Å². The van der Waals surface area contributed by atoms with Gasteiger partial charge in [-0.05, 0) is 63.9 Å². The van der Waals surface area contributed by atoms with Crippen LogP contribution in [0.5, 0.6) is 0 Å². The number of nitrogens with one attached hydrogen (secondary N) is 1. The zero-order valence-electron chi connectivity index (χ0n) is 19.4. The van der Waals surface area contributed by atoms with Gasteiger partial charge in [-0.1, -0.05) is 32.0 Å². The molecule has 0 spiro atoms. The minimum Gasteiger partial charge on any atom is -0.455 e. The van der Waals surface area contributed by atoms with Gasteiger partial charge in [0, 0.05) is 30.6 Å². The van der Waals surface area contributed by atoms with Crippen LogP contribution in [0.2, 0.25) is 0 Å². The van der Waals surface area contributed by atoms with Crippen LogP contribution < -0.4 is 5.43 Å². The maximum Gasteiger partial charge on any atom is 0.289 e. The first-order chi connectivity index (χ1) is 14.7. The number of carbonyl (C=O) groups is 1. The zero-order valence-corrected chi connectivity index (χ0v) is 19.4. The van der Waals surface area contributed by atoms with E-state index in [1.807, 2.05) is 49.2 Å². The summed E-state index contributed by atoms with van der Waals surface area (Å²) >= 11 is 0. The highest BCUT2D eigenvalue weighted by molar-refractivity contribution is 6.07. The van der Waals surface area contributed by atoms with Crippen LogP contribution in [0.3, 0.4) is 0 Å². The third kappa shape index (κ3) is 4.54. The molecule has 31 heavy (non-hydrogen) atoms. The highest BCUT2D eigenvalue weighted by Gasteiger charge is 2.37. The molecule has 1 N–H and O–H groups in total. The van der Waals surface area contributed by atoms with E-state index in [0.717, 1.165) is 67.1 Å². The summed E-state index contributed by atoms with van der Waals surface area (Å²) in [6, 6.07) is 10.2. The number of amides is 1. The molecular formula is C25H34N4O2. The van der Waals surface area contributed by atoms with Gasteiger partial charge < -0.3 is 14.2 Å². The van der Waals surface area contributed by atoms with Gasteiger partial charge in [-0.2, -0.15) is 5.10 Å². The number of benzene rings is 1. The van der Waals surface area contributed by atoms with Gasteiger partial charge in [-0.25, -0.2) is 0 Å². The van der Waals surface area contributed by atoms with Gasteiger partial charge in [0.2, 0.25) is 0 Å². The Bertz CT molecular complexity index is 969. The highest BCUT2D eigenvalue weighted by Crippen LogP contribution is 2.39. The first-order valence-corrected chi connectivity index (χ1v) is 11.2. The highest BCUT2D eigenvalue weighted by atomic mass is 16.4. The minimum absolute atomic E-state index is 0.0189. The molecule has 6 heteroatoms. The molecule has 2 heterocycles. The lowest BCUT2D eigenvalue weighted by Gasteiger charge is -2.34. The summed E-state index contributed by atoms with van der Waals surface area (Å²) < 4.78 is 6.24. The summed E-state index contributed by atoms with van der Waals surface area (Å²) in [5, 5.41) is 4.74. The van der Waals surface area contributed by atoms with E-state index in [2.05, 4.69) is 31.2 Å². The number of nitrogens with zero attached hydrogens (tertiary/aromatic N) is 3. The van der Waals surface area contributed by atoms with E-state index in [0.29, 0.717) is 5.76 Å². The van der Waals surface area contributed by atoms with Crippen molar-refractivity contribution >= 4 is 17.3 Å². The smallest absolute Gasteiger partial charge is 0.289 e. The summed E-state index contributed by atoms with van der Waals surface area (Å²) in [5.41, 5.74) is 7.01. The van der Waals surface area contributed by atoms with Crippen molar-refractivity contribution in [1.82, 2.24) is 9.80 Å². The Kier molecular flexibility index (Phi) is 5.93. The van der Waals surface area contributed by atoms with Crippen LogP contribution >= 0.6 is 0 Å². The van der Waals surface area contributed by atoms with Crippen LogP contribution in [-0.4, -0.2) is 54.6 Å². The van der Waals surface area contributed by atoms with Gasteiger partial charge in [0.15, 0.2) is 5.76 Å². The third-order valence-corrected chi connectivity index (χ3v) is 6.64. The molecule has 1 aromatic carbocycles. The quantitative estimate of drug-likeness (QED) is 0.735. The van der Waals surface area contributed by atoms with Gasteiger partial charge in [0.05, 0.1) is 11.4 Å². The third-order valence-electron chi connectivity index (χ3n) is 6.64. The fourth-order valence-corrected chi connectivity index (χ4v) is 4.77. The molecule has 2 aromatic rings. The number of piperidine rings is 1. The summed E-state index contributed by atoms with van der Waals surface area (Å²) in [7, 11) is 4.05. The second-order valence-electron chi connectivity index (χ2n) is 9.86. The van der Waals surface area contributed by atoms with E-state index in [-0.39, 0.29) is 17.4 Å². The molecule has 1 aliphatic carbocycles. The Labute approximate surface area is 185 Å². The first-order valence-electron chi connectivity index (χ1n) is 11.2. The number of hydrogen-bond acceptors (Lipinski definition) is 5. The number of anilines is 1. The Hall–Kier alpha value is -2.60. The predicted octanol–water partition coefficient (Wildman–Crippen LogP) is 4.54. The fraction of sp³-hybridized carbons (Fsp3) is 0.520. The average molecular weight is 423 g/mol. The number of para-hydroxylation sites is 1. The normalized spacial score (nSPS) is 20.5.